The predicted molar refractivity (Wildman–Crippen MR) is 78.0 cm³/mol. The van der Waals surface area contributed by atoms with Crippen LogP contribution in [0.4, 0.5) is 0 Å². The van der Waals surface area contributed by atoms with Crippen molar-refractivity contribution in [1.82, 2.24) is 0 Å². The van der Waals surface area contributed by atoms with Crippen LogP contribution in [-0.2, 0) is 9.84 Å². The number of ketones is 1. The summed E-state index contributed by atoms with van der Waals surface area (Å²) in [6.07, 6.45) is 1.78. The molecule has 0 amide bonds. The van der Waals surface area contributed by atoms with Gasteiger partial charge in [-0.2, -0.15) is 0 Å². The third-order valence-electron chi connectivity index (χ3n) is 3.39. The first-order chi connectivity index (χ1) is 9.42. The Balaban J connectivity index is 2.33. The van der Waals surface area contributed by atoms with Gasteiger partial charge in [0.1, 0.15) is 11.0 Å². The highest BCUT2D eigenvalue weighted by atomic mass is 32.2. The van der Waals surface area contributed by atoms with E-state index in [0.29, 0.717) is 24.2 Å². The van der Waals surface area contributed by atoms with E-state index in [-0.39, 0.29) is 17.6 Å². The molecule has 0 radical (unpaired) electrons. The molecule has 0 bridgehead atoms. The molecule has 1 heterocycles. The van der Waals surface area contributed by atoms with Gasteiger partial charge in [-0.05, 0) is 38.8 Å². The molecular formula is C15H20O4S. The number of benzene rings is 1. The van der Waals surface area contributed by atoms with Crippen LogP contribution >= 0.6 is 0 Å². The second kappa shape index (κ2) is 5.95. The lowest BCUT2D eigenvalue weighted by Gasteiger charge is -2.22. The van der Waals surface area contributed by atoms with E-state index in [1.54, 1.807) is 24.3 Å². The summed E-state index contributed by atoms with van der Waals surface area (Å²) in [5.74, 6) is 0.241. The lowest BCUT2D eigenvalue weighted by molar-refractivity contribution is 0.0975. The van der Waals surface area contributed by atoms with Crippen molar-refractivity contribution >= 4 is 15.6 Å². The predicted octanol–water partition coefficient (Wildman–Crippen LogP) is 2.62. The Kier molecular flexibility index (Phi) is 4.48. The molecule has 1 atom stereocenters. The van der Waals surface area contributed by atoms with Crippen LogP contribution in [0.5, 0.6) is 5.75 Å². The van der Waals surface area contributed by atoms with Crippen LogP contribution in [0.1, 0.15) is 43.5 Å². The average molecular weight is 296 g/mol. The summed E-state index contributed by atoms with van der Waals surface area (Å²) >= 11 is 0. The van der Waals surface area contributed by atoms with Crippen molar-refractivity contribution in [2.45, 2.75) is 44.5 Å². The molecule has 1 aromatic carbocycles. The van der Waals surface area contributed by atoms with Crippen LogP contribution < -0.4 is 4.74 Å². The Hall–Kier alpha value is -1.36. The molecule has 1 fully saturated rings. The van der Waals surface area contributed by atoms with Crippen molar-refractivity contribution in [3.8, 4) is 5.75 Å². The number of sulfone groups is 1. The number of ether oxygens (including phenoxy) is 1. The molecule has 110 valence electrons. The fourth-order valence-electron chi connectivity index (χ4n) is 2.45. The smallest absolute Gasteiger partial charge is 0.184 e. The highest BCUT2D eigenvalue weighted by Gasteiger charge is 2.36. The third kappa shape index (κ3) is 3.20. The minimum atomic E-state index is -3.32. The van der Waals surface area contributed by atoms with Crippen LogP contribution in [-0.4, -0.2) is 31.3 Å². The van der Waals surface area contributed by atoms with E-state index < -0.39 is 15.1 Å². The summed E-state index contributed by atoms with van der Waals surface area (Å²) in [6, 6.07) is 6.87. The van der Waals surface area contributed by atoms with Crippen molar-refractivity contribution in [3.05, 3.63) is 29.8 Å². The first-order valence-corrected chi connectivity index (χ1v) is 8.65. The molecule has 5 heteroatoms. The molecule has 4 nitrogen and oxygen atoms in total. The maximum Gasteiger partial charge on any atom is 0.184 e. The number of hydrogen-bond donors (Lipinski definition) is 0. The summed E-state index contributed by atoms with van der Waals surface area (Å²) in [4.78, 5) is 12.6. The molecule has 20 heavy (non-hydrogen) atoms. The summed E-state index contributed by atoms with van der Waals surface area (Å²) in [5.41, 5.74) is 0.372. The van der Waals surface area contributed by atoms with Gasteiger partial charge in [0.25, 0.3) is 0 Å². The number of para-hydroxylation sites is 1. The lowest BCUT2D eigenvalue weighted by Crippen LogP contribution is -2.35. The fraction of sp³-hybridized carbons (Fsp3) is 0.533. The minimum absolute atomic E-state index is 0.0630. The van der Waals surface area contributed by atoms with E-state index in [9.17, 15) is 13.2 Å². The molecule has 1 unspecified atom stereocenters. The van der Waals surface area contributed by atoms with Gasteiger partial charge >= 0.3 is 0 Å². The van der Waals surface area contributed by atoms with Crippen molar-refractivity contribution in [2.75, 3.05) is 5.75 Å². The minimum Gasteiger partial charge on any atom is -0.490 e. The van der Waals surface area contributed by atoms with Crippen molar-refractivity contribution in [3.63, 3.8) is 0 Å². The molecule has 0 saturated carbocycles. The van der Waals surface area contributed by atoms with Gasteiger partial charge in [0.15, 0.2) is 15.6 Å². The van der Waals surface area contributed by atoms with Crippen molar-refractivity contribution in [1.29, 1.82) is 0 Å². The van der Waals surface area contributed by atoms with E-state index >= 15 is 0 Å². The van der Waals surface area contributed by atoms with E-state index in [1.807, 2.05) is 13.8 Å². The number of rotatable bonds is 4. The number of carbonyl (C=O) groups is 1. The van der Waals surface area contributed by atoms with E-state index in [1.165, 1.54) is 0 Å². The summed E-state index contributed by atoms with van der Waals surface area (Å²) in [7, 11) is -3.32. The van der Waals surface area contributed by atoms with E-state index in [2.05, 4.69) is 0 Å². The highest BCUT2D eigenvalue weighted by molar-refractivity contribution is 7.92. The topological polar surface area (TPSA) is 60.4 Å². The lowest BCUT2D eigenvalue weighted by atomic mass is 10.0. The molecule has 0 aromatic heterocycles. The van der Waals surface area contributed by atoms with Gasteiger partial charge in [-0.15, -0.1) is 0 Å². The number of carbonyl (C=O) groups excluding carboxylic acids is 1. The second-order valence-electron chi connectivity index (χ2n) is 5.38. The van der Waals surface area contributed by atoms with Gasteiger partial charge in [-0.25, -0.2) is 8.42 Å². The molecule has 1 saturated heterocycles. The summed E-state index contributed by atoms with van der Waals surface area (Å²) < 4.78 is 29.7. The molecule has 1 aliphatic heterocycles. The second-order valence-corrected chi connectivity index (χ2v) is 7.68. The maximum atomic E-state index is 12.6. The van der Waals surface area contributed by atoms with Gasteiger partial charge in [0, 0.05) is 0 Å². The van der Waals surface area contributed by atoms with Gasteiger partial charge in [0.05, 0.1) is 17.4 Å². The van der Waals surface area contributed by atoms with Crippen LogP contribution in [0.3, 0.4) is 0 Å². The van der Waals surface area contributed by atoms with Gasteiger partial charge in [0.2, 0.25) is 0 Å². The van der Waals surface area contributed by atoms with Crippen LogP contribution in [0.25, 0.3) is 0 Å². The zero-order chi connectivity index (χ0) is 14.8. The largest absolute Gasteiger partial charge is 0.490 e. The molecular weight excluding hydrogens is 276 g/mol. The molecule has 1 aromatic rings. The standard InChI is InChI=1S/C15H20O4S/c1-11(2)19-13-8-4-3-7-12(13)15(16)14-9-5-6-10-20(14,17)18/h3-4,7-8,11,14H,5-6,9-10H2,1-2H3. The highest BCUT2D eigenvalue weighted by Crippen LogP contribution is 2.27. The SMILES string of the molecule is CC(C)Oc1ccccc1C(=O)C1CCCCS1(=O)=O. The fourth-order valence-corrected chi connectivity index (χ4v) is 4.32. The van der Waals surface area contributed by atoms with Crippen molar-refractivity contribution in [2.24, 2.45) is 0 Å². The average Bonchev–Trinajstić information content (AvgIpc) is 2.37. The Morgan fingerprint density at radius 3 is 2.60 bits per heavy atom. The summed E-state index contributed by atoms with van der Waals surface area (Å²) in [5, 5.41) is -0.909. The molecule has 0 spiro atoms. The molecule has 0 aliphatic carbocycles. The van der Waals surface area contributed by atoms with Crippen LogP contribution in [0.15, 0.2) is 24.3 Å². The molecule has 2 rings (SSSR count). The first-order valence-electron chi connectivity index (χ1n) is 6.93. The molecule has 1 aliphatic rings. The Morgan fingerprint density at radius 1 is 1.25 bits per heavy atom. The maximum absolute atomic E-state index is 12.6. The monoisotopic (exact) mass is 296 g/mol. The normalized spacial score (nSPS) is 21.6. The molecule has 0 N–H and O–H groups in total. The Bertz CT molecular complexity index is 590. The van der Waals surface area contributed by atoms with Gasteiger partial charge in [-0.3, -0.25) is 4.79 Å². The van der Waals surface area contributed by atoms with E-state index in [0.717, 1.165) is 6.42 Å². The summed E-state index contributed by atoms with van der Waals surface area (Å²) in [6.45, 7) is 3.75. The van der Waals surface area contributed by atoms with Gasteiger partial charge < -0.3 is 4.74 Å². The number of Topliss-reactive ketones (excluding diaryl/α,β-unsaturated/α-hetero) is 1. The first kappa shape index (κ1) is 15.0. The van der Waals surface area contributed by atoms with E-state index in [4.69, 9.17) is 4.74 Å². The van der Waals surface area contributed by atoms with Gasteiger partial charge in [-0.1, -0.05) is 18.6 Å². The number of hydrogen-bond acceptors (Lipinski definition) is 4. The van der Waals surface area contributed by atoms with Crippen molar-refractivity contribution < 1.29 is 17.9 Å². The zero-order valence-electron chi connectivity index (χ0n) is 11.8. The quantitative estimate of drug-likeness (QED) is 0.801. The Labute approximate surface area is 120 Å². The van der Waals surface area contributed by atoms with Crippen LogP contribution in [0.2, 0.25) is 0 Å². The zero-order valence-corrected chi connectivity index (χ0v) is 12.7. The Morgan fingerprint density at radius 2 is 1.95 bits per heavy atom. The van der Waals surface area contributed by atoms with Crippen LogP contribution in [0, 0.1) is 0 Å². The third-order valence-corrected chi connectivity index (χ3v) is 5.56.